The molecule has 1 aromatic carbocycles. The number of ether oxygens (including phenoxy) is 2. The SMILES string of the molecule is C=CCCCCO/C(C(=O)Nc1cccc(Cl)c1)=C(/C=N)N1CCN(S(=O)(=O)N(CC=C)C(=O)OC(C)(C)C)CC1. The molecule has 0 saturated carbocycles. The number of carbonyl (C=O) groups is 2. The molecule has 41 heavy (non-hydrogen) atoms. The van der Waals surface area contributed by atoms with E-state index in [2.05, 4.69) is 18.5 Å². The molecule has 2 amide bonds. The molecule has 0 atom stereocenters. The molecular formula is C28H40ClN5O6S. The number of piperazine rings is 1. The third kappa shape index (κ3) is 10.2. The van der Waals surface area contributed by atoms with Crippen LogP contribution in [0.3, 0.4) is 0 Å². The molecule has 1 aromatic rings. The summed E-state index contributed by atoms with van der Waals surface area (Å²) in [6.45, 7) is 12.5. The fourth-order valence-electron chi connectivity index (χ4n) is 3.87. The molecular weight excluding hydrogens is 570 g/mol. The summed E-state index contributed by atoms with van der Waals surface area (Å²) >= 11 is 6.06. The predicted octanol–water partition coefficient (Wildman–Crippen LogP) is 4.80. The maximum absolute atomic E-state index is 13.4. The van der Waals surface area contributed by atoms with Gasteiger partial charge in [0.05, 0.1) is 13.2 Å². The molecule has 0 bridgehead atoms. The van der Waals surface area contributed by atoms with E-state index >= 15 is 0 Å². The van der Waals surface area contributed by atoms with Crippen LogP contribution in [0, 0.1) is 5.41 Å². The zero-order valence-corrected chi connectivity index (χ0v) is 25.5. The lowest BCUT2D eigenvalue weighted by molar-refractivity contribution is -0.116. The number of nitrogens with one attached hydrogen (secondary N) is 2. The van der Waals surface area contributed by atoms with Gasteiger partial charge < -0.3 is 25.1 Å². The van der Waals surface area contributed by atoms with Gasteiger partial charge >= 0.3 is 16.3 Å². The van der Waals surface area contributed by atoms with Crippen LogP contribution in [0.25, 0.3) is 0 Å². The molecule has 1 aliphatic rings. The van der Waals surface area contributed by atoms with Gasteiger partial charge in [-0.2, -0.15) is 17.0 Å². The van der Waals surface area contributed by atoms with Gasteiger partial charge in [-0.3, -0.25) is 4.79 Å². The Hall–Kier alpha value is -3.35. The molecule has 226 valence electrons. The maximum atomic E-state index is 13.4. The fourth-order valence-corrected chi connectivity index (χ4v) is 5.48. The third-order valence-corrected chi connectivity index (χ3v) is 7.89. The van der Waals surface area contributed by atoms with E-state index in [-0.39, 0.29) is 50.8 Å². The van der Waals surface area contributed by atoms with Crippen molar-refractivity contribution in [3.05, 3.63) is 66.1 Å². The summed E-state index contributed by atoms with van der Waals surface area (Å²) in [4.78, 5) is 27.7. The van der Waals surface area contributed by atoms with Crippen LogP contribution in [0.2, 0.25) is 5.02 Å². The van der Waals surface area contributed by atoms with E-state index in [0.717, 1.165) is 19.1 Å². The number of unbranched alkanes of at least 4 members (excludes halogenated alkanes) is 2. The summed E-state index contributed by atoms with van der Waals surface area (Å²) in [6, 6.07) is 6.65. The van der Waals surface area contributed by atoms with Crippen LogP contribution >= 0.6 is 11.6 Å². The Balaban J connectivity index is 2.27. The summed E-state index contributed by atoms with van der Waals surface area (Å²) in [5.41, 5.74) is -0.220. The minimum absolute atomic E-state index is 0.00135. The average Bonchev–Trinajstić information content (AvgIpc) is 2.90. The Kier molecular flexibility index (Phi) is 12.9. The van der Waals surface area contributed by atoms with Crippen molar-refractivity contribution in [1.29, 1.82) is 5.41 Å². The van der Waals surface area contributed by atoms with Crippen LogP contribution in [0.4, 0.5) is 10.5 Å². The molecule has 0 aliphatic carbocycles. The average molecular weight is 610 g/mol. The van der Waals surface area contributed by atoms with E-state index in [1.54, 1.807) is 56.0 Å². The van der Waals surface area contributed by atoms with Gasteiger partial charge in [-0.25, -0.2) is 4.79 Å². The van der Waals surface area contributed by atoms with Gasteiger partial charge in [0.25, 0.3) is 5.91 Å². The normalized spacial score (nSPS) is 14.9. The first-order valence-corrected chi connectivity index (χ1v) is 15.0. The molecule has 1 saturated heterocycles. The number of allylic oxidation sites excluding steroid dienone is 2. The number of hydrogen-bond acceptors (Lipinski definition) is 8. The van der Waals surface area contributed by atoms with Crippen LogP contribution in [-0.2, 0) is 24.5 Å². The second-order valence-corrected chi connectivity index (χ2v) is 12.4. The minimum atomic E-state index is -4.23. The highest BCUT2D eigenvalue weighted by Crippen LogP contribution is 2.22. The molecule has 0 unspecified atom stereocenters. The van der Waals surface area contributed by atoms with Crippen molar-refractivity contribution in [2.24, 2.45) is 0 Å². The molecule has 2 rings (SSSR count). The standard InChI is InChI=1S/C28H40ClN5O6S/c1-6-8-9-10-19-39-25(26(35)31-23-13-11-12-22(29)20-23)24(21-30)32-15-17-33(18-16-32)41(37,38)34(14-7-2)27(36)40-28(3,4)5/h6-7,11-13,20-21,30H,1-2,8-10,14-19H2,3-5H3,(H,31,35)/b25-24-,30-21?. The molecule has 2 N–H and O–H groups in total. The second-order valence-electron chi connectivity index (χ2n) is 10.2. The number of halogens is 1. The van der Waals surface area contributed by atoms with Crippen LogP contribution in [0.1, 0.15) is 40.0 Å². The first kappa shape index (κ1) is 33.9. The first-order chi connectivity index (χ1) is 19.3. The van der Waals surface area contributed by atoms with Gasteiger partial charge in [-0.15, -0.1) is 13.2 Å². The van der Waals surface area contributed by atoms with Crippen molar-refractivity contribution in [1.82, 2.24) is 13.5 Å². The zero-order valence-electron chi connectivity index (χ0n) is 23.9. The van der Waals surface area contributed by atoms with Crippen molar-refractivity contribution in [2.75, 3.05) is 44.6 Å². The van der Waals surface area contributed by atoms with Gasteiger partial charge in [0.1, 0.15) is 11.3 Å². The van der Waals surface area contributed by atoms with Crippen molar-refractivity contribution >= 4 is 45.7 Å². The Morgan fingerprint density at radius 2 is 1.83 bits per heavy atom. The molecule has 1 fully saturated rings. The molecule has 0 aromatic heterocycles. The van der Waals surface area contributed by atoms with Gasteiger partial charge in [0.15, 0.2) is 0 Å². The molecule has 0 radical (unpaired) electrons. The van der Waals surface area contributed by atoms with E-state index in [1.165, 1.54) is 10.4 Å². The molecule has 0 spiro atoms. The number of carbonyl (C=O) groups excluding carboxylic acids is 2. The maximum Gasteiger partial charge on any atom is 0.425 e. The van der Waals surface area contributed by atoms with Gasteiger partial charge in [0, 0.05) is 43.1 Å². The lowest BCUT2D eigenvalue weighted by Crippen LogP contribution is -2.54. The van der Waals surface area contributed by atoms with Crippen molar-refractivity contribution in [2.45, 2.75) is 45.6 Å². The van der Waals surface area contributed by atoms with Crippen LogP contribution < -0.4 is 5.32 Å². The monoisotopic (exact) mass is 609 g/mol. The molecule has 1 aliphatic heterocycles. The van der Waals surface area contributed by atoms with E-state index < -0.39 is 27.8 Å². The van der Waals surface area contributed by atoms with Gasteiger partial charge in [-0.05, 0) is 58.2 Å². The van der Waals surface area contributed by atoms with Crippen LogP contribution in [0.5, 0.6) is 0 Å². The van der Waals surface area contributed by atoms with Crippen molar-refractivity contribution < 1.29 is 27.5 Å². The highest BCUT2D eigenvalue weighted by molar-refractivity contribution is 7.87. The Labute approximate surface area is 248 Å². The van der Waals surface area contributed by atoms with E-state index in [1.807, 2.05) is 0 Å². The lowest BCUT2D eigenvalue weighted by Gasteiger charge is -2.38. The largest absolute Gasteiger partial charge is 0.486 e. The topological polar surface area (TPSA) is 132 Å². The summed E-state index contributed by atoms with van der Waals surface area (Å²) in [6.07, 6.45) is 5.43. The Bertz CT molecular complexity index is 1240. The number of rotatable bonds is 14. The molecule has 1 heterocycles. The number of amides is 2. The van der Waals surface area contributed by atoms with Crippen LogP contribution in [0.15, 0.2) is 61.0 Å². The number of anilines is 1. The van der Waals surface area contributed by atoms with Gasteiger partial charge in [-0.1, -0.05) is 29.8 Å². The van der Waals surface area contributed by atoms with Crippen molar-refractivity contribution in [3.63, 3.8) is 0 Å². The smallest absolute Gasteiger partial charge is 0.425 e. The summed E-state index contributed by atoms with van der Waals surface area (Å²) in [5.74, 6) is -0.622. The highest BCUT2D eigenvalue weighted by atomic mass is 35.5. The van der Waals surface area contributed by atoms with Crippen LogP contribution in [-0.4, -0.2) is 85.1 Å². The second kappa shape index (κ2) is 15.6. The minimum Gasteiger partial charge on any atom is -0.486 e. The number of benzene rings is 1. The first-order valence-electron chi connectivity index (χ1n) is 13.3. The highest BCUT2D eigenvalue weighted by Gasteiger charge is 2.38. The Morgan fingerprint density at radius 3 is 2.39 bits per heavy atom. The summed E-state index contributed by atoms with van der Waals surface area (Å²) < 4.78 is 39.7. The summed E-state index contributed by atoms with van der Waals surface area (Å²) in [7, 11) is -4.23. The Morgan fingerprint density at radius 1 is 1.15 bits per heavy atom. The fraction of sp³-hybridized carbons (Fsp3) is 0.464. The molecule has 11 nitrogen and oxygen atoms in total. The van der Waals surface area contributed by atoms with E-state index in [0.29, 0.717) is 21.4 Å². The number of hydrogen-bond donors (Lipinski definition) is 2. The quantitative estimate of drug-likeness (QED) is 0.102. The predicted molar refractivity (Wildman–Crippen MR) is 161 cm³/mol. The van der Waals surface area contributed by atoms with Crippen molar-refractivity contribution in [3.8, 4) is 0 Å². The zero-order chi connectivity index (χ0) is 30.6. The summed E-state index contributed by atoms with van der Waals surface area (Å²) in [5, 5.41) is 11.3. The van der Waals surface area contributed by atoms with E-state index in [9.17, 15) is 18.0 Å². The number of nitrogens with zero attached hydrogens (tertiary/aromatic N) is 3. The third-order valence-electron chi connectivity index (χ3n) is 5.78. The lowest BCUT2D eigenvalue weighted by atomic mass is 10.2. The molecule has 13 heteroatoms. The van der Waals surface area contributed by atoms with Gasteiger partial charge in [0.2, 0.25) is 5.76 Å². The van der Waals surface area contributed by atoms with E-state index in [4.69, 9.17) is 26.5 Å².